The molecule has 1 heterocycles. The summed E-state index contributed by atoms with van der Waals surface area (Å²) in [4.78, 5) is 5.32. The van der Waals surface area contributed by atoms with Crippen LogP contribution in [-0.4, -0.2) is 22.2 Å². The van der Waals surface area contributed by atoms with Crippen LogP contribution in [0.25, 0.3) is 0 Å². The lowest BCUT2D eigenvalue weighted by Gasteiger charge is -2.36. The summed E-state index contributed by atoms with van der Waals surface area (Å²) < 4.78 is 0. The molecule has 0 bridgehead atoms. The van der Waals surface area contributed by atoms with E-state index in [0.29, 0.717) is 12.5 Å². The molecule has 0 radical (unpaired) electrons. The van der Waals surface area contributed by atoms with Crippen LogP contribution in [0, 0.1) is 5.92 Å². The summed E-state index contributed by atoms with van der Waals surface area (Å²) in [6, 6.07) is 0.281. The molecule has 2 N–H and O–H groups in total. The Hall–Kier alpha value is -0.450. The topological polar surface area (TPSA) is 45.1 Å². The van der Waals surface area contributed by atoms with E-state index < -0.39 is 5.60 Å². The molecule has 0 saturated heterocycles. The van der Waals surface area contributed by atoms with Crippen molar-refractivity contribution < 1.29 is 5.11 Å². The highest BCUT2D eigenvalue weighted by Crippen LogP contribution is 2.32. The first-order valence-electron chi connectivity index (χ1n) is 6.43. The van der Waals surface area contributed by atoms with Gasteiger partial charge < -0.3 is 10.4 Å². The predicted octanol–water partition coefficient (Wildman–Crippen LogP) is 2.73. The highest BCUT2D eigenvalue weighted by Gasteiger charge is 2.32. The van der Waals surface area contributed by atoms with Crippen molar-refractivity contribution in [2.24, 2.45) is 5.92 Å². The van der Waals surface area contributed by atoms with Gasteiger partial charge in [0.15, 0.2) is 0 Å². The minimum absolute atomic E-state index is 0.281. The van der Waals surface area contributed by atoms with Crippen LogP contribution in [0.1, 0.15) is 50.4 Å². The lowest BCUT2D eigenvalue weighted by Crippen LogP contribution is -2.44. The SMILES string of the molecule is CC1CCCC(O)(CNC(C)c2cncs2)C1. The van der Waals surface area contributed by atoms with E-state index in [4.69, 9.17) is 0 Å². The smallest absolute Gasteiger partial charge is 0.0794 e. The molecule has 17 heavy (non-hydrogen) atoms. The molecule has 3 unspecified atom stereocenters. The van der Waals surface area contributed by atoms with Crippen molar-refractivity contribution >= 4 is 11.3 Å². The number of hydrogen-bond acceptors (Lipinski definition) is 4. The van der Waals surface area contributed by atoms with Gasteiger partial charge in [-0.25, -0.2) is 0 Å². The van der Waals surface area contributed by atoms with Crippen LogP contribution in [0.2, 0.25) is 0 Å². The van der Waals surface area contributed by atoms with Crippen molar-refractivity contribution in [3.8, 4) is 0 Å². The Bertz CT molecular complexity index is 341. The van der Waals surface area contributed by atoms with E-state index in [0.717, 1.165) is 19.3 Å². The molecule has 1 aromatic rings. The summed E-state index contributed by atoms with van der Waals surface area (Å²) in [7, 11) is 0. The lowest BCUT2D eigenvalue weighted by atomic mass is 9.79. The molecule has 3 atom stereocenters. The van der Waals surface area contributed by atoms with Crippen LogP contribution < -0.4 is 5.32 Å². The van der Waals surface area contributed by atoms with Gasteiger partial charge in [-0.05, 0) is 25.7 Å². The summed E-state index contributed by atoms with van der Waals surface area (Å²) >= 11 is 1.66. The van der Waals surface area contributed by atoms with E-state index in [1.807, 2.05) is 11.7 Å². The van der Waals surface area contributed by atoms with Gasteiger partial charge >= 0.3 is 0 Å². The Kier molecular flexibility index (Phi) is 4.17. The summed E-state index contributed by atoms with van der Waals surface area (Å²) in [5.41, 5.74) is 1.35. The third-order valence-electron chi connectivity index (χ3n) is 3.68. The van der Waals surface area contributed by atoms with Crippen molar-refractivity contribution in [2.45, 2.75) is 51.2 Å². The van der Waals surface area contributed by atoms with Gasteiger partial charge in [0.1, 0.15) is 0 Å². The zero-order valence-corrected chi connectivity index (χ0v) is 11.5. The number of aliphatic hydroxyl groups is 1. The van der Waals surface area contributed by atoms with Crippen molar-refractivity contribution in [1.29, 1.82) is 0 Å². The second-order valence-corrected chi connectivity index (χ2v) is 6.35. The highest BCUT2D eigenvalue weighted by molar-refractivity contribution is 7.09. The van der Waals surface area contributed by atoms with Crippen LogP contribution in [-0.2, 0) is 0 Å². The van der Waals surface area contributed by atoms with Gasteiger partial charge in [0.2, 0.25) is 0 Å². The summed E-state index contributed by atoms with van der Waals surface area (Å²) in [5.74, 6) is 0.647. The van der Waals surface area contributed by atoms with E-state index in [1.165, 1.54) is 11.3 Å². The zero-order valence-electron chi connectivity index (χ0n) is 10.6. The van der Waals surface area contributed by atoms with Crippen molar-refractivity contribution in [2.75, 3.05) is 6.54 Å². The minimum atomic E-state index is -0.503. The van der Waals surface area contributed by atoms with Gasteiger partial charge in [0.25, 0.3) is 0 Å². The Morgan fingerprint density at radius 1 is 1.71 bits per heavy atom. The minimum Gasteiger partial charge on any atom is -0.389 e. The van der Waals surface area contributed by atoms with E-state index in [1.54, 1.807) is 11.3 Å². The molecule has 0 aliphatic heterocycles. The van der Waals surface area contributed by atoms with Crippen LogP contribution in [0.3, 0.4) is 0 Å². The van der Waals surface area contributed by atoms with Crippen LogP contribution in [0.5, 0.6) is 0 Å². The van der Waals surface area contributed by atoms with Crippen molar-refractivity contribution in [3.63, 3.8) is 0 Å². The second kappa shape index (κ2) is 5.46. The molecule has 3 nitrogen and oxygen atoms in total. The Morgan fingerprint density at radius 3 is 3.18 bits per heavy atom. The first kappa shape index (κ1) is 13.0. The molecule has 1 aliphatic rings. The molecule has 0 amide bonds. The lowest BCUT2D eigenvalue weighted by molar-refractivity contribution is -0.0133. The van der Waals surface area contributed by atoms with E-state index >= 15 is 0 Å². The summed E-state index contributed by atoms with van der Waals surface area (Å²) in [5, 5.41) is 13.9. The van der Waals surface area contributed by atoms with Gasteiger partial charge in [-0.2, -0.15) is 0 Å². The van der Waals surface area contributed by atoms with Gasteiger partial charge in [0.05, 0.1) is 11.1 Å². The molecule has 4 heteroatoms. The van der Waals surface area contributed by atoms with Gasteiger partial charge in [0, 0.05) is 23.7 Å². The fourth-order valence-corrected chi connectivity index (χ4v) is 3.33. The van der Waals surface area contributed by atoms with Crippen molar-refractivity contribution in [3.05, 3.63) is 16.6 Å². The number of rotatable bonds is 4. The predicted molar refractivity (Wildman–Crippen MR) is 71.1 cm³/mol. The standard InChI is InChI=1S/C13H22N2OS/c1-10-4-3-5-13(16,6-10)8-15-11(2)12-7-14-9-17-12/h7,9-11,15-16H,3-6,8H2,1-2H3. The van der Waals surface area contributed by atoms with E-state index in [2.05, 4.69) is 24.1 Å². The largest absolute Gasteiger partial charge is 0.389 e. The fraction of sp³-hybridized carbons (Fsp3) is 0.769. The van der Waals surface area contributed by atoms with Crippen LogP contribution in [0.15, 0.2) is 11.7 Å². The van der Waals surface area contributed by atoms with Gasteiger partial charge in [-0.15, -0.1) is 11.3 Å². The first-order valence-corrected chi connectivity index (χ1v) is 7.31. The second-order valence-electron chi connectivity index (χ2n) is 5.43. The average molecular weight is 254 g/mol. The normalized spacial score (nSPS) is 31.4. The molecule has 96 valence electrons. The zero-order chi connectivity index (χ0) is 12.3. The quantitative estimate of drug-likeness (QED) is 0.868. The molecule has 1 aliphatic carbocycles. The van der Waals surface area contributed by atoms with Gasteiger partial charge in [-0.3, -0.25) is 4.98 Å². The third kappa shape index (κ3) is 3.50. The first-order chi connectivity index (χ1) is 8.09. The van der Waals surface area contributed by atoms with Gasteiger partial charge in [-0.1, -0.05) is 19.8 Å². The van der Waals surface area contributed by atoms with E-state index in [-0.39, 0.29) is 6.04 Å². The number of aromatic nitrogens is 1. The molecule has 0 spiro atoms. The fourth-order valence-electron chi connectivity index (χ4n) is 2.68. The summed E-state index contributed by atoms with van der Waals surface area (Å²) in [6.45, 7) is 5.05. The molecular formula is C13H22N2OS. The molecule has 0 aromatic carbocycles. The van der Waals surface area contributed by atoms with Crippen LogP contribution in [0.4, 0.5) is 0 Å². The number of thiazole rings is 1. The van der Waals surface area contributed by atoms with Crippen LogP contribution >= 0.6 is 11.3 Å². The van der Waals surface area contributed by atoms with Crippen molar-refractivity contribution in [1.82, 2.24) is 10.3 Å². The molecule has 2 rings (SSSR count). The highest BCUT2D eigenvalue weighted by atomic mass is 32.1. The summed E-state index contributed by atoms with van der Waals surface area (Å²) in [6.07, 6.45) is 6.16. The number of nitrogens with one attached hydrogen (secondary N) is 1. The number of hydrogen-bond donors (Lipinski definition) is 2. The maximum atomic E-state index is 10.5. The molecule has 1 aromatic heterocycles. The third-order valence-corrected chi connectivity index (χ3v) is 4.64. The Labute approximate surface area is 107 Å². The Balaban J connectivity index is 1.84. The maximum absolute atomic E-state index is 10.5. The number of nitrogens with zero attached hydrogens (tertiary/aromatic N) is 1. The monoisotopic (exact) mass is 254 g/mol. The van der Waals surface area contributed by atoms with E-state index in [9.17, 15) is 5.11 Å². The maximum Gasteiger partial charge on any atom is 0.0794 e. The molecule has 1 fully saturated rings. The average Bonchev–Trinajstić information content (AvgIpc) is 2.79. The Morgan fingerprint density at radius 2 is 2.53 bits per heavy atom. The molecule has 1 saturated carbocycles. The molecular weight excluding hydrogens is 232 g/mol.